The zero-order valence-electron chi connectivity index (χ0n) is 20.8. The number of carbonyl (C=O) groups is 2. The Bertz CT molecular complexity index is 1270. The van der Waals surface area contributed by atoms with Gasteiger partial charge in [-0.1, -0.05) is 32.9 Å². The lowest BCUT2D eigenvalue weighted by atomic mass is 9.76. The Labute approximate surface area is 201 Å². The van der Waals surface area contributed by atoms with Crippen molar-refractivity contribution in [3.8, 4) is 0 Å². The van der Waals surface area contributed by atoms with Gasteiger partial charge in [0.05, 0.1) is 22.7 Å². The Kier molecular flexibility index (Phi) is 5.72. The first kappa shape index (κ1) is 24.5. The number of sulfonamides is 1. The van der Waals surface area contributed by atoms with Gasteiger partial charge in [0.15, 0.2) is 0 Å². The van der Waals surface area contributed by atoms with E-state index in [9.17, 15) is 18.0 Å². The third-order valence-corrected chi connectivity index (χ3v) is 7.83. The van der Waals surface area contributed by atoms with E-state index in [4.69, 9.17) is 4.74 Å². The third-order valence-electron chi connectivity index (χ3n) is 6.28. The second-order valence-corrected chi connectivity index (χ2v) is 12.7. The monoisotopic (exact) mass is 487 g/mol. The Morgan fingerprint density at radius 2 is 1.79 bits per heavy atom. The van der Waals surface area contributed by atoms with Crippen molar-refractivity contribution >= 4 is 38.5 Å². The molecule has 0 bridgehead atoms. The topological polar surface area (TPSA) is 96.0 Å². The second-order valence-electron chi connectivity index (χ2n) is 11.0. The average molecular weight is 488 g/mol. The first-order valence-electron chi connectivity index (χ1n) is 11.6. The molecule has 0 aromatic heterocycles. The van der Waals surface area contributed by atoms with Crippen molar-refractivity contribution < 1.29 is 22.7 Å². The maximum atomic E-state index is 13.6. The lowest BCUT2D eigenvalue weighted by molar-refractivity contribution is -0.0444. The van der Waals surface area contributed by atoms with Crippen molar-refractivity contribution in [3.63, 3.8) is 0 Å². The van der Waals surface area contributed by atoms with Crippen molar-refractivity contribution in [1.82, 2.24) is 9.62 Å². The Morgan fingerprint density at radius 3 is 2.38 bits per heavy atom. The van der Waals surface area contributed by atoms with Crippen LogP contribution in [0.1, 0.15) is 58.8 Å². The van der Waals surface area contributed by atoms with E-state index < -0.39 is 27.8 Å². The molecule has 184 valence electrons. The molecule has 2 atom stereocenters. The molecule has 2 aromatic carbocycles. The zero-order valence-corrected chi connectivity index (χ0v) is 21.6. The predicted octanol–water partition coefficient (Wildman–Crippen LogP) is 4.13. The highest BCUT2D eigenvalue weighted by molar-refractivity contribution is 7.89. The summed E-state index contributed by atoms with van der Waals surface area (Å²) in [6, 6.07) is 7.60. The van der Waals surface area contributed by atoms with Crippen molar-refractivity contribution in [2.75, 3.05) is 18.0 Å². The molecule has 9 heteroatoms. The molecule has 4 rings (SSSR count). The fourth-order valence-electron chi connectivity index (χ4n) is 5.02. The lowest BCUT2D eigenvalue weighted by Crippen LogP contribution is -2.72. The molecule has 2 heterocycles. The minimum absolute atomic E-state index is 0.120. The van der Waals surface area contributed by atoms with Gasteiger partial charge in [-0.2, -0.15) is 0 Å². The van der Waals surface area contributed by atoms with Crippen LogP contribution in [0.3, 0.4) is 0 Å². The quantitative estimate of drug-likeness (QED) is 0.700. The van der Waals surface area contributed by atoms with Crippen LogP contribution in [0.15, 0.2) is 35.2 Å². The normalized spacial score (nSPS) is 20.6. The lowest BCUT2D eigenvalue weighted by Gasteiger charge is -2.53. The zero-order chi connectivity index (χ0) is 25.2. The number of likely N-dealkylation sites (tertiary alicyclic amines) is 1. The first-order chi connectivity index (χ1) is 15.7. The van der Waals surface area contributed by atoms with Crippen molar-refractivity contribution in [3.05, 3.63) is 35.9 Å². The Balaban J connectivity index is 1.66. The standard InChI is InChI=1S/C25H33N3O5S/c1-8-27-18-12-13-19(15-10-9-11-16(20(15)18)22(27)29)34(31,32)26-17-14-28(21(17)24(2,3)4)23(30)33-25(5,6)7/h9-13,17,21,26H,8,14H2,1-7H3. The number of benzene rings is 2. The molecule has 2 unspecified atom stereocenters. The number of nitrogens with zero attached hydrogens (tertiary/aromatic N) is 2. The maximum Gasteiger partial charge on any atom is 0.410 e. The van der Waals surface area contributed by atoms with Crippen molar-refractivity contribution in [1.29, 1.82) is 0 Å². The summed E-state index contributed by atoms with van der Waals surface area (Å²) in [4.78, 5) is 28.9. The number of ether oxygens (including phenoxy) is 1. The number of carbonyl (C=O) groups excluding carboxylic acids is 2. The van der Waals surface area contributed by atoms with Gasteiger partial charge in [-0.3, -0.25) is 4.79 Å². The maximum absolute atomic E-state index is 13.6. The number of nitrogens with one attached hydrogen (secondary N) is 1. The van der Waals surface area contributed by atoms with Crippen LogP contribution in [-0.4, -0.2) is 56.1 Å². The molecule has 1 fully saturated rings. The van der Waals surface area contributed by atoms with Crippen LogP contribution in [-0.2, 0) is 14.8 Å². The SMILES string of the molecule is CCN1C(=O)c2cccc3c(S(=O)(=O)NC4CN(C(=O)OC(C)(C)C)C4C(C)(C)C)ccc1c23. The highest BCUT2D eigenvalue weighted by Gasteiger charge is 2.51. The summed E-state index contributed by atoms with van der Waals surface area (Å²) in [6.07, 6.45) is -0.452. The smallest absolute Gasteiger partial charge is 0.410 e. The largest absolute Gasteiger partial charge is 0.444 e. The van der Waals surface area contributed by atoms with E-state index in [1.54, 1.807) is 60.9 Å². The molecule has 0 aliphatic carbocycles. The van der Waals surface area contributed by atoms with Crippen LogP contribution in [0, 0.1) is 5.41 Å². The number of amides is 2. The summed E-state index contributed by atoms with van der Waals surface area (Å²) in [7, 11) is -3.93. The van der Waals surface area contributed by atoms with E-state index in [1.807, 2.05) is 27.7 Å². The molecule has 34 heavy (non-hydrogen) atoms. The molecular weight excluding hydrogens is 454 g/mol. The fraction of sp³-hybridized carbons (Fsp3) is 0.520. The summed E-state index contributed by atoms with van der Waals surface area (Å²) >= 11 is 0. The van der Waals surface area contributed by atoms with Crippen LogP contribution in [0.2, 0.25) is 0 Å². The van der Waals surface area contributed by atoms with Gasteiger partial charge in [-0.15, -0.1) is 0 Å². The summed E-state index contributed by atoms with van der Waals surface area (Å²) in [6.45, 7) is 13.9. The van der Waals surface area contributed by atoms with Gasteiger partial charge in [-0.25, -0.2) is 17.9 Å². The summed E-state index contributed by atoms with van der Waals surface area (Å²) in [5.41, 5.74) is 0.222. The van der Waals surface area contributed by atoms with Crippen LogP contribution in [0.5, 0.6) is 0 Å². The third kappa shape index (κ3) is 4.05. The van der Waals surface area contributed by atoms with E-state index >= 15 is 0 Å². The van der Waals surface area contributed by atoms with Gasteiger partial charge < -0.3 is 14.5 Å². The number of rotatable bonds is 4. The van der Waals surface area contributed by atoms with Crippen LogP contribution in [0.4, 0.5) is 10.5 Å². The molecule has 1 saturated heterocycles. The van der Waals surface area contributed by atoms with E-state index in [0.717, 1.165) is 5.69 Å². The molecule has 2 aromatic rings. The van der Waals surface area contributed by atoms with Crippen LogP contribution >= 0.6 is 0 Å². The molecular formula is C25H33N3O5S. The van der Waals surface area contributed by atoms with Crippen molar-refractivity contribution in [2.24, 2.45) is 5.41 Å². The van der Waals surface area contributed by atoms with Gasteiger partial charge in [0.2, 0.25) is 10.0 Å². The molecule has 0 spiro atoms. The molecule has 0 saturated carbocycles. The van der Waals surface area contributed by atoms with Crippen molar-refractivity contribution in [2.45, 2.75) is 71.0 Å². The van der Waals surface area contributed by atoms with Gasteiger partial charge in [0.25, 0.3) is 5.91 Å². The highest BCUT2D eigenvalue weighted by atomic mass is 32.2. The van der Waals surface area contributed by atoms with Gasteiger partial charge >= 0.3 is 6.09 Å². The summed E-state index contributed by atoms with van der Waals surface area (Å²) in [5.74, 6) is -0.120. The number of hydrogen-bond donors (Lipinski definition) is 1. The molecule has 8 nitrogen and oxygen atoms in total. The summed E-state index contributed by atoms with van der Waals surface area (Å²) in [5, 5.41) is 1.18. The highest BCUT2D eigenvalue weighted by Crippen LogP contribution is 2.41. The van der Waals surface area contributed by atoms with Crippen LogP contribution in [0.25, 0.3) is 10.8 Å². The minimum Gasteiger partial charge on any atom is -0.444 e. The second kappa shape index (κ2) is 7.95. The van der Waals surface area contributed by atoms with Gasteiger partial charge in [0.1, 0.15) is 5.60 Å². The molecule has 0 radical (unpaired) electrons. The molecule has 2 aliphatic heterocycles. The van der Waals surface area contributed by atoms with E-state index in [0.29, 0.717) is 22.9 Å². The van der Waals surface area contributed by atoms with Gasteiger partial charge in [0, 0.05) is 29.4 Å². The molecule has 1 N–H and O–H groups in total. The number of hydrogen-bond acceptors (Lipinski definition) is 5. The minimum atomic E-state index is -3.93. The van der Waals surface area contributed by atoms with E-state index in [-0.39, 0.29) is 28.8 Å². The predicted molar refractivity (Wildman–Crippen MR) is 132 cm³/mol. The molecule has 2 amide bonds. The van der Waals surface area contributed by atoms with Crippen LogP contribution < -0.4 is 9.62 Å². The average Bonchev–Trinajstić information content (AvgIpc) is 2.95. The number of anilines is 1. The van der Waals surface area contributed by atoms with Gasteiger partial charge in [-0.05, 0) is 51.3 Å². The fourth-order valence-corrected chi connectivity index (χ4v) is 6.45. The molecule has 2 aliphatic rings. The Morgan fingerprint density at radius 1 is 1.12 bits per heavy atom. The first-order valence-corrected chi connectivity index (χ1v) is 13.0. The summed E-state index contributed by atoms with van der Waals surface area (Å²) < 4.78 is 35.5. The van der Waals surface area contributed by atoms with E-state index in [1.165, 1.54) is 0 Å². The van der Waals surface area contributed by atoms with E-state index in [2.05, 4.69) is 4.72 Å². The Hall–Kier alpha value is -2.65.